The summed E-state index contributed by atoms with van der Waals surface area (Å²) in [5.41, 5.74) is 2.18. The monoisotopic (exact) mass is 741 g/mol. The molecule has 53 heavy (non-hydrogen) atoms. The van der Waals surface area contributed by atoms with Gasteiger partial charge < -0.3 is 24.6 Å². The van der Waals surface area contributed by atoms with Gasteiger partial charge in [-0.1, -0.05) is 72.8 Å². The summed E-state index contributed by atoms with van der Waals surface area (Å²) in [5.74, 6) is -0.480. The second-order valence-electron chi connectivity index (χ2n) is 11.6. The number of nitrogens with one attached hydrogen (secondary N) is 3. The fraction of sp³-hybridized carbons (Fsp3) is 0.237. The zero-order chi connectivity index (χ0) is 38.2. The second kappa shape index (κ2) is 19.5. The molecule has 0 spiro atoms. The van der Waals surface area contributed by atoms with Gasteiger partial charge in [0.15, 0.2) is 0 Å². The Morgan fingerprint density at radius 1 is 0.736 bits per heavy atom. The average Bonchev–Trinajstić information content (AvgIpc) is 3.17. The van der Waals surface area contributed by atoms with Crippen LogP contribution in [0.2, 0.25) is 0 Å². The number of hydrogen-bond donors (Lipinski definition) is 3. The van der Waals surface area contributed by atoms with Gasteiger partial charge in [-0.2, -0.15) is 13.1 Å². The molecule has 4 rings (SSSR count). The molecule has 2 atom stereocenters. The van der Waals surface area contributed by atoms with E-state index in [9.17, 15) is 22.8 Å². The smallest absolute Gasteiger partial charge is 0.330 e. The number of carbonyl (C=O) groups excluding carboxylic acids is 3. The van der Waals surface area contributed by atoms with Crippen molar-refractivity contribution < 1.29 is 32.3 Å². The van der Waals surface area contributed by atoms with Crippen LogP contribution >= 0.6 is 0 Å². The van der Waals surface area contributed by atoms with Gasteiger partial charge in [0.25, 0.3) is 0 Å². The minimum Gasteiger partial charge on any atom is -0.481 e. The van der Waals surface area contributed by atoms with Gasteiger partial charge >= 0.3 is 16.2 Å². The molecule has 278 valence electrons. The third-order valence-electron chi connectivity index (χ3n) is 7.87. The van der Waals surface area contributed by atoms with Gasteiger partial charge in [0.05, 0.1) is 38.0 Å². The Kier molecular flexibility index (Phi) is 14.6. The van der Waals surface area contributed by atoms with E-state index in [0.717, 1.165) is 0 Å². The molecule has 4 amide bonds. The molecule has 2 aromatic heterocycles. The van der Waals surface area contributed by atoms with Crippen molar-refractivity contribution in [1.82, 2.24) is 24.7 Å². The number of benzene rings is 2. The molecule has 0 saturated carbocycles. The highest BCUT2D eigenvalue weighted by molar-refractivity contribution is 7.88. The van der Waals surface area contributed by atoms with Crippen molar-refractivity contribution >= 4 is 39.4 Å². The second-order valence-corrected chi connectivity index (χ2v) is 13.1. The summed E-state index contributed by atoms with van der Waals surface area (Å²) in [6.07, 6.45) is 6.44. The Bertz CT molecular complexity index is 1930. The van der Waals surface area contributed by atoms with Gasteiger partial charge in [-0.3, -0.25) is 9.59 Å². The van der Waals surface area contributed by atoms with E-state index >= 15 is 0 Å². The van der Waals surface area contributed by atoms with Gasteiger partial charge in [0.1, 0.15) is 12.1 Å². The first-order valence-corrected chi connectivity index (χ1v) is 18.1. The summed E-state index contributed by atoms with van der Waals surface area (Å²) < 4.78 is 41.7. The van der Waals surface area contributed by atoms with E-state index < -0.39 is 40.1 Å². The van der Waals surface area contributed by atoms with Gasteiger partial charge in [-0.25, -0.2) is 19.5 Å². The van der Waals surface area contributed by atoms with Gasteiger partial charge in [0, 0.05) is 31.6 Å². The first-order chi connectivity index (χ1) is 25.6. The van der Waals surface area contributed by atoms with Crippen molar-refractivity contribution in [3.63, 3.8) is 0 Å². The van der Waals surface area contributed by atoms with E-state index in [1.165, 1.54) is 42.5 Å². The Hall–Kier alpha value is -6.06. The van der Waals surface area contributed by atoms with Crippen LogP contribution in [-0.2, 0) is 32.6 Å². The number of aromatic nitrogens is 2. The number of ether oxygens (including phenoxy) is 2. The quantitative estimate of drug-likeness (QED) is 0.120. The molecular formula is C38H43N7O7S. The van der Waals surface area contributed by atoms with Crippen LogP contribution in [-0.4, -0.2) is 75.6 Å². The van der Waals surface area contributed by atoms with Crippen molar-refractivity contribution in [2.24, 2.45) is 0 Å². The molecular weight excluding hydrogens is 699 g/mol. The van der Waals surface area contributed by atoms with Gasteiger partial charge in [-0.15, -0.1) is 13.2 Å². The van der Waals surface area contributed by atoms with E-state index in [4.69, 9.17) is 9.47 Å². The average molecular weight is 742 g/mol. The molecule has 0 fully saturated rings. The SMILES string of the molecule is C=CCCN(C(=O)[C@H](Cc1ccccc1)NC(=O)NS(=O)(=O)N[C@@H](Cc1ccccc1)C(=O)N(CC=C)c1ccc(OC)nc1)c1ccc(OC)nc1. The molecule has 14 nitrogen and oxygen atoms in total. The molecule has 0 saturated heterocycles. The maximum atomic E-state index is 14.1. The Morgan fingerprint density at radius 2 is 1.25 bits per heavy atom. The zero-order valence-electron chi connectivity index (χ0n) is 29.6. The predicted octanol–water partition coefficient (Wildman–Crippen LogP) is 3.98. The normalized spacial score (nSPS) is 12.0. The number of methoxy groups -OCH3 is 2. The first-order valence-electron chi connectivity index (χ1n) is 16.6. The fourth-order valence-corrected chi connectivity index (χ4v) is 6.25. The number of rotatable bonds is 19. The van der Waals surface area contributed by atoms with Crippen LogP contribution in [0.25, 0.3) is 0 Å². The highest BCUT2D eigenvalue weighted by Gasteiger charge is 2.32. The van der Waals surface area contributed by atoms with E-state index in [1.54, 1.807) is 84.9 Å². The van der Waals surface area contributed by atoms with Crippen LogP contribution in [0.5, 0.6) is 11.8 Å². The van der Waals surface area contributed by atoms with E-state index in [-0.39, 0.29) is 25.9 Å². The highest BCUT2D eigenvalue weighted by atomic mass is 32.2. The Balaban J connectivity index is 1.59. The van der Waals surface area contributed by atoms with Crippen LogP contribution in [0.4, 0.5) is 16.2 Å². The zero-order valence-corrected chi connectivity index (χ0v) is 30.4. The summed E-state index contributed by atoms with van der Waals surface area (Å²) in [7, 11) is -1.78. The molecule has 0 aliphatic heterocycles. The van der Waals surface area contributed by atoms with Crippen molar-refractivity contribution in [3.05, 3.63) is 134 Å². The summed E-state index contributed by atoms with van der Waals surface area (Å²) >= 11 is 0. The van der Waals surface area contributed by atoms with Crippen molar-refractivity contribution in [2.75, 3.05) is 37.1 Å². The van der Waals surface area contributed by atoms with E-state index in [1.807, 2.05) is 10.8 Å². The summed E-state index contributed by atoms with van der Waals surface area (Å²) in [6.45, 7) is 7.73. The number of anilines is 2. The lowest BCUT2D eigenvalue weighted by Crippen LogP contribution is -2.57. The molecule has 2 heterocycles. The summed E-state index contributed by atoms with van der Waals surface area (Å²) in [4.78, 5) is 52.8. The van der Waals surface area contributed by atoms with Crippen molar-refractivity contribution in [1.29, 1.82) is 0 Å². The lowest BCUT2D eigenvalue weighted by Gasteiger charge is -2.28. The number of urea groups is 1. The largest absolute Gasteiger partial charge is 0.481 e. The summed E-state index contributed by atoms with van der Waals surface area (Å²) in [5, 5.41) is 2.54. The van der Waals surface area contributed by atoms with Crippen LogP contribution in [0, 0.1) is 0 Å². The number of pyridine rings is 2. The van der Waals surface area contributed by atoms with Gasteiger partial charge in [-0.05, 0) is 36.1 Å². The lowest BCUT2D eigenvalue weighted by molar-refractivity contribution is -0.120. The molecule has 0 bridgehead atoms. The number of carbonyl (C=O) groups is 3. The van der Waals surface area contributed by atoms with Crippen LogP contribution in [0.1, 0.15) is 17.5 Å². The molecule has 0 radical (unpaired) electrons. The molecule has 0 unspecified atom stereocenters. The topological polar surface area (TPSA) is 172 Å². The summed E-state index contributed by atoms with van der Waals surface area (Å²) in [6, 6.07) is 20.4. The maximum absolute atomic E-state index is 14.1. The number of amides is 4. The highest BCUT2D eigenvalue weighted by Crippen LogP contribution is 2.21. The van der Waals surface area contributed by atoms with Crippen molar-refractivity contribution in [2.45, 2.75) is 31.3 Å². The molecule has 0 aliphatic carbocycles. The minimum atomic E-state index is -4.71. The molecule has 2 aromatic carbocycles. The Labute approximate surface area is 309 Å². The van der Waals surface area contributed by atoms with Gasteiger partial charge in [0.2, 0.25) is 23.6 Å². The molecule has 4 aromatic rings. The van der Waals surface area contributed by atoms with E-state index in [2.05, 4.69) is 33.2 Å². The number of hydrogen-bond acceptors (Lipinski definition) is 9. The standard InChI is InChI=1S/C38H43N7O7S/c1-5-7-23-45(31-19-21-35(52-4)40-27-31)36(46)32(24-28-14-10-8-11-15-28)41-38(48)43-53(49,50)42-33(25-29-16-12-9-13-17-29)37(47)44(22-6-2)30-18-20-34(51-3)39-26-30/h5-6,8-21,26-27,32-33,42H,1-2,7,22-25H2,3-4H3,(H2,41,43,48)/t32-,33-/m0/s1. The molecule has 3 N–H and O–H groups in total. The third-order valence-corrected chi connectivity index (χ3v) is 8.92. The minimum absolute atomic E-state index is 0.0309. The van der Waals surface area contributed by atoms with Crippen LogP contribution in [0.3, 0.4) is 0 Å². The fourth-order valence-electron chi connectivity index (χ4n) is 5.33. The predicted molar refractivity (Wildman–Crippen MR) is 203 cm³/mol. The van der Waals surface area contributed by atoms with Crippen molar-refractivity contribution in [3.8, 4) is 11.8 Å². The third kappa shape index (κ3) is 11.7. The Morgan fingerprint density at radius 3 is 1.72 bits per heavy atom. The number of nitrogens with zero attached hydrogens (tertiary/aromatic N) is 4. The van der Waals surface area contributed by atoms with Crippen LogP contribution < -0.4 is 34.0 Å². The lowest BCUT2D eigenvalue weighted by atomic mass is 10.0. The van der Waals surface area contributed by atoms with Crippen LogP contribution in [0.15, 0.2) is 123 Å². The first kappa shape index (κ1) is 39.7. The maximum Gasteiger partial charge on any atom is 0.330 e. The molecule has 0 aliphatic rings. The van der Waals surface area contributed by atoms with E-state index in [0.29, 0.717) is 40.7 Å². The molecule has 15 heteroatoms.